The highest BCUT2D eigenvalue weighted by Crippen LogP contribution is 2.35. The summed E-state index contributed by atoms with van der Waals surface area (Å²) in [5.74, 6) is -3.21. The first-order chi connectivity index (χ1) is 17.3. The molecule has 4 rings (SSSR count). The summed E-state index contributed by atoms with van der Waals surface area (Å²) in [6, 6.07) is 8.21. The average Bonchev–Trinajstić information content (AvgIpc) is 3.42. The third kappa shape index (κ3) is 6.10. The largest absolute Gasteiger partial charge is 0.343 e. The number of benzene rings is 2. The van der Waals surface area contributed by atoms with E-state index in [0.29, 0.717) is 12.0 Å². The molecule has 0 radical (unpaired) electrons. The van der Waals surface area contributed by atoms with E-state index in [2.05, 4.69) is 16.0 Å². The molecule has 2 unspecified atom stereocenters. The van der Waals surface area contributed by atoms with Gasteiger partial charge in [0.2, 0.25) is 11.8 Å². The van der Waals surface area contributed by atoms with Crippen molar-refractivity contribution >= 4 is 35.8 Å². The lowest BCUT2D eigenvalue weighted by Gasteiger charge is -2.39. The van der Waals surface area contributed by atoms with Crippen LogP contribution in [0.15, 0.2) is 42.5 Å². The first-order valence-electron chi connectivity index (χ1n) is 12.4. The first kappa shape index (κ1) is 28.5. The van der Waals surface area contributed by atoms with Crippen molar-refractivity contribution < 1.29 is 23.2 Å². The zero-order chi connectivity index (χ0) is 25.8. The summed E-state index contributed by atoms with van der Waals surface area (Å²) in [7, 11) is 1.67. The minimum atomic E-state index is -1.09. The third-order valence-corrected chi connectivity index (χ3v) is 7.29. The second-order valence-corrected chi connectivity index (χ2v) is 9.51. The lowest BCUT2D eigenvalue weighted by Crippen LogP contribution is -2.57. The number of hydrogen-bond acceptors (Lipinski definition) is 4. The molecular formula is C27H33ClF2N4O3. The molecule has 3 amide bonds. The molecule has 1 saturated carbocycles. The minimum absolute atomic E-state index is 0. The fraction of sp³-hybridized carbons (Fsp3) is 0.444. The van der Waals surface area contributed by atoms with Crippen LogP contribution in [0.4, 0.5) is 14.5 Å². The van der Waals surface area contributed by atoms with E-state index in [-0.39, 0.29) is 36.7 Å². The highest BCUT2D eigenvalue weighted by atomic mass is 35.5. The Hall–Kier alpha value is -3.04. The molecule has 0 aromatic heterocycles. The molecule has 2 aromatic carbocycles. The standard InChI is InChI=1S/C27H32F2N4O3.ClH/c1-16(30-2)25(34)31-22(18-9-3-4-10-18)27(36)33-15-14-17-8-5-6-11-19(17)24(33)26(35)32-23-20(28)12-7-13-21(23)29;/h5-8,11-13,16,18,22,24,30H,3-4,9-10,14-15H2,1-2H3,(H,31,34)(H,32,35);1H/t16?,22?,24-;/m0./s1. The van der Waals surface area contributed by atoms with E-state index in [1.807, 2.05) is 12.1 Å². The number of fused-ring (bicyclic) bond motifs is 1. The molecule has 37 heavy (non-hydrogen) atoms. The van der Waals surface area contributed by atoms with Crippen molar-refractivity contribution in [2.45, 2.75) is 57.2 Å². The van der Waals surface area contributed by atoms with Crippen LogP contribution in [0.25, 0.3) is 0 Å². The van der Waals surface area contributed by atoms with Gasteiger partial charge in [-0.1, -0.05) is 43.2 Å². The Bertz CT molecular complexity index is 1120. The lowest BCUT2D eigenvalue weighted by molar-refractivity contribution is -0.144. The highest BCUT2D eigenvalue weighted by Gasteiger charge is 2.42. The van der Waals surface area contributed by atoms with Crippen LogP contribution >= 0.6 is 12.4 Å². The molecule has 1 aliphatic heterocycles. The Morgan fingerprint density at radius 1 is 1.00 bits per heavy atom. The molecule has 0 bridgehead atoms. The predicted molar refractivity (Wildman–Crippen MR) is 139 cm³/mol. The van der Waals surface area contributed by atoms with Gasteiger partial charge in [0.1, 0.15) is 29.4 Å². The van der Waals surface area contributed by atoms with Gasteiger partial charge in [0.25, 0.3) is 5.91 Å². The van der Waals surface area contributed by atoms with Crippen molar-refractivity contribution in [2.24, 2.45) is 5.92 Å². The molecule has 3 N–H and O–H groups in total. The number of hydrogen-bond donors (Lipinski definition) is 3. The Morgan fingerprint density at radius 3 is 2.30 bits per heavy atom. The molecule has 7 nitrogen and oxygen atoms in total. The van der Waals surface area contributed by atoms with Gasteiger partial charge < -0.3 is 20.9 Å². The molecule has 2 aromatic rings. The van der Waals surface area contributed by atoms with Crippen LogP contribution in [0.5, 0.6) is 0 Å². The van der Waals surface area contributed by atoms with E-state index >= 15 is 0 Å². The number of halogens is 3. The molecule has 0 saturated heterocycles. The number of carbonyl (C=O) groups excluding carboxylic acids is 3. The number of anilines is 1. The molecule has 3 atom stereocenters. The topological polar surface area (TPSA) is 90.5 Å². The van der Waals surface area contributed by atoms with Crippen molar-refractivity contribution in [1.29, 1.82) is 0 Å². The molecule has 10 heteroatoms. The van der Waals surface area contributed by atoms with Gasteiger partial charge in [0.15, 0.2) is 0 Å². The normalized spacial score (nSPS) is 18.8. The van der Waals surface area contributed by atoms with E-state index in [4.69, 9.17) is 0 Å². The van der Waals surface area contributed by atoms with Crippen LogP contribution in [0.1, 0.15) is 49.8 Å². The maximum Gasteiger partial charge on any atom is 0.251 e. The molecule has 1 fully saturated rings. The Labute approximate surface area is 221 Å². The van der Waals surface area contributed by atoms with Crippen LogP contribution < -0.4 is 16.0 Å². The van der Waals surface area contributed by atoms with E-state index in [1.54, 1.807) is 26.1 Å². The number of nitrogens with one attached hydrogen (secondary N) is 3. The second kappa shape index (κ2) is 12.5. The van der Waals surface area contributed by atoms with Gasteiger partial charge in [-0.15, -0.1) is 12.4 Å². The number of nitrogens with zero attached hydrogens (tertiary/aromatic N) is 1. The van der Waals surface area contributed by atoms with Crippen LogP contribution in [0.3, 0.4) is 0 Å². The van der Waals surface area contributed by atoms with Gasteiger partial charge in [-0.25, -0.2) is 8.78 Å². The quantitative estimate of drug-likeness (QED) is 0.505. The molecule has 2 aliphatic rings. The minimum Gasteiger partial charge on any atom is -0.343 e. The molecule has 0 spiro atoms. The van der Waals surface area contributed by atoms with E-state index in [9.17, 15) is 23.2 Å². The fourth-order valence-corrected chi connectivity index (χ4v) is 5.16. The maximum absolute atomic E-state index is 14.3. The summed E-state index contributed by atoms with van der Waals surface area (Å²) in [6.45, 7) is 1.95. The maximum atomic E-state index is 14.3. The van der Waals surface area contributed by atoms with Crippen molar-refractivity contribution in [3.8, 4) is 0 Å². The van der Waals surface area contributed by atoms with Gasteiger partial charge in [-0.3, -0.25) is 14.4 Å². The predicted octanol–water partition coefficient (Wildman–Crippen LogP) is 3.73. The number of likely N-dealkylation sites (N-methyl/N-ethyl adjacent to an activating group) is 1. The summed E-state index contributed by atoms with van der Waals surface area (Å²) in [5, 5.41) is 8.17. The summed E-state index contributed by atoms with van der Waals surface area (Å²) in [4.78, 5) is 41.7. The molecule has 200 valence electrons. The van der Waals surface area contributed by atoms with Crippen LogP contribution in [-0.2, 0) is 20.8 Å². The van der Waals surface area contributed by atoms with E-state index in [0.717, 1.165) is 43.4 Å². The van der Waals surface area contributed by atoms with Crippen LogP contribution in [0.2, 0.25) is 0 Å². The smallest absolute Gasteiger partial charge is 0.251 e. The van der Waals surface area contributed by atoms with Gasteiger partial charge in [0, 0.05) is 6.54 Å². The van der Waals surface area contributed by atoms with Crippen LogP contribution in [0, 0.1) is 17.6 Å². The zero-order valence-corrected chi connectivity index (χ0v) is 21.7. The van der Waals surface area contributed by atoms with Crippen molar-refractivity contribution in [2.75, 3.05) is 18.9 Å². The van der Waals surface area contributed by atoms with Crippen molar-refractivity contribution in [3.05, 3.63) is 65.2 Å². The Kier molecular flexibility index (Phi) is 9.62. The van der Waals surface area contributed by atoms with Gasteiger partial charge >= 0.3 is 0 Å². The SMILES string of the molecule is CNC(C)C(=O)NC(C(=O)N1CCc2ccccc2[C@H]1C(=O)Nc1c(F)cccc1F)C1CCCC1.Cl. The van der Waals surface area contributed by atoms with Crippen molar-refractivity contribution in [3.63, 3.8) is 0 Å². The van der Waals surface area contributed by atoms with Gasteiger partial charge in [0.05, 0.1) is 6.04 Å². The number of amides is 3. The van der Waals surface area contributed by atoms with Gasteiger partial charge in [-0.2, -0.15) is 0 Å². The average molecular weight is 535 g/mol. The second-order valence-electron chi connectivity index (χ2n) is 9.51. The first-order valence-corrected chi connectivity index (χ1v) is 12.4. The lowest BCUT2D eigenvalue weighted by atomic mass is 9.89. The van der Waals surface area contributed by atoms with Crippen LogP contribution in [-0.4, -0.2) is 48.3 Å². The Morgan fingerprint density at radius 2 is 1.65 bits per heavy atom. The number of carbonyl (C=O) groups is 3. The van der Waals surface area contributed by atoms with Crippen molar-refractivity contribution in [1.82, 2.24) is 15.5 Å². The fourth-order valence-electron chi connectivity index (χ4n) is 5.16. The number of para-hydroxylation sites is 1. The van der Waals surface area contributed by atoms with E-state index < -0.39 is 41.4 Å². The number of rotatable bonds is 7. The highest BCUT2D eigenvalue weighted by molar-refractivity contribution is 6.00. The third-order valence-electron chi connectivity index (χ3n) is 7.29. The summed E-state index contributed by atoms with van der Waals surface area (Å²) in [6.07, 6.45) is 4.05. The molecular weight excluding hydrogens is 502 g/mol. The molecule has 1 heterocycles. The molecule has 1 aliphatic carbocycles. The zero-order valence-electron chi connectivity index (χ0n) is 20.9. The van der Waals surface area contributed by atoms with E-state index in [1.165, 1.54) is 11.0 Å². The summed E-state index contributed by atoms with van der Waals surface area (Å²) < 4.78 is 28.7. The summed E-state index contributed by atoms with van der Waals surface area (Å²) >= 11 is 0. The van der Waals surface area contributed by atoms with Gasteiger partial charge in [-0.05, 0) is 62.4 Å². The Balaban J connectivity index is 0.00000380. The summed E-state index contributed by atoms with van der Waals surface area (Å²) in [5.41, 5.74) is 0.939. The monoisotopic (exact) mass is 534 g/mol.